The van der Waals surface area contributed by atoms with Crippen LogP contribution in [0.1, 0.15) is 18.1 Å². The minimum absolute atomic E-state index is 0.102. The van der Waals surface area contributed by atoms with E-state index in [1.165, 1.54) is 17.2 Å². The summed E-state index contributed by atoms with van der Waals surface area (Å²) in [5.41, 5.74) is 5.98. The van der Waals surface area contributed by atoms with E-state index in [9.17, 15) is 14.6 Å². The second-order valence-electron chi connectivity index (χ2n) is 10.2. The summed E-state index contributed by atoms with van der Waals surface area (Å²) in [6.45, 7) is -8.22. The maximum absolute atomic E-state index is 16.0. The third-order valence-electron chi connectivity index (χ3n) is 7.39. The third-order valence-corrected chi connectivity index (χ3v) is 10.5. The van der Waals surface area contributed by atoms with Crippen LogP contribution in [0.2, 0.25) is 0 Å². The SMILES string of the molecule is Cc1ncnc2c1ncn2[C@@H]1O[C@@H]2COP(O)(=S)O[C@H]3[C@@H](F)[C@H](n4cnc5c(=O)[nH]c(N)nc54)O[C@@H]3COP(O)(=S)O[C@@H]1[C@@H]2F. The van der Waals surface area contributed by atoms with Crippen molar-refractivity contribution in [2.24, 2.45) is 0 Å². The molecule has 3 fully saturated rings. The van der Waals surface area contributed by atoms with Crippen molar-refractivity contribution in [3.8, 4) is 0 Å². The Morgan fingerprint density at radius 2 is 1.53 bits per heavy atom. The maximum Gasteiger partial charge on any atom is 0.325 e. The van der Waals surface area contributed by atoms with Crippen molar-refractivity contribution in [2.75, 3.05) is 18.9 Å². The molecule has 45 heavy (non-hydrogen) atoms. The summed E-state index contributed by atoms with van der Waals surface area (Å²) in [7, 11) is 0. The first-order valence-corrected chi connectivity index (χ1v) is 18.3. The molecule has 0 saturated carbocycles. The van der Waals surface area contributed by atoms with E-state index in [1.54, 1.807) is 6.92 Å². The second-order valence-corrected chi connectivity index (χ2v) is 15.8. The van der Waals surface area contributed by atoms with Gasteiger partial charge in [-0.3, -0.25) is 28.0 Å². The molecule has 3 aliphatic rings. The Kier molecular flexibility index (Phi) is 7.86. The average molecular weight is 710 g/mol. The largest absolute Gasteiger partial charge is 0.369 e. The zero-order valence-electron chi connectivity index (χ0n) is 22.7. The van der Waals surface area contributed by atoms with Gasteiger partial charge in [-0.2, -0.15) is 4.98 Å². The van der Waals surface area contributed by atoms with E-state index in [1.807, 2.05) is 0 Å². The van der Waals surface area contributed by atoms with Crippen molar-refractivity contribution in [3.63, 3.8) is 0 Å². The molecule has 7 rings (SSSR count). The van der Waals surface area contributed by atoms with Gasteiger partial charge in [-0.25, -0.2) is 28.7 Å². The first-order valence-electron chi connectivity index (χ1n) is 13.1. The van der Waals surface area contributed by atoms with Gasteiger partial charge in [0.15, 0.2) is 41.6 Å². The number of hydrogen-bond acceptors (Lipinski definition) is 15. The van der Waals surface area contributed by atoms with Crippen LogP contribution in [0.15, 0.2) is 23.8 Å². The van der Waals surface area contributed by atoms with Gasteiger partial charge < -0.3 is 34.0 Å². The number of alkyl halides is 2. The van der Waals surface area contributed by atoms with E-state index in [4.69, 9.17) is 56.9 Å². The molecule has 0 aliphatic carbocycles. The summed E-state index contributed by atoms with van der Waals surface area (Å²) >= 11 is 10.3. The molecule has 4 aromatic rings. The van der Waals surface area contributed by atoms with E-state index in [-0.39, 0.29) is 22.8 Å². The smallest absolute Gasteiger partial charge is 0.325 e. The number of anilines is 1. The topological polar surface area (TPSA) is 229 Å². The highest BCUT2D eigenvalue weighted by Gasteiger charge is 2.53. The molecule has 0 spiro atoms. The van der Waals surface area contributed by atoms with Crippen LogP contribution in [0.3, 0.4) is 0 Å². The predicted octanol–water partition coefficient (Wildman–Crippen LogP) is 0.572. The van der Waals surface area contributed by atoms with Gasteiger partial charge in [0.25, 0.3) is 5.56 Å². The summed E-state index contributed by atoms with van der Waals surface area (Å²) in [5.74, 6) is -0.255. The van der Waals surface area contributed by atoms with E-state index < -0.39 is 81.4 Å². The number of nitrogen functional groups attached to an aromatic ring is 1. The lowest BCUT2D eigenvalue weighted by molar-refractivity contribution is -0.0599. The quantitative estimate of drug-likeness (QED) is 0.209. The highest BCUT2D eigenvalue weighted by molar-refractivity contribution is 8.07. The van der Waals surface area contributed by atoms with Gasteiger partial charge in [0.2, 0.25) is 5.95 Å². The summed E-state index contributed by atoms with van der Waals surface area (Å²) < 4.78 is 68.2. The average Bonchev–Trinajstić information content (AvgIpc) is 3.72. The van der Waals surface area contributed by atoms with E-state index in [0.29, 0.717) is 11.2 Å². The highest BCUT2D eigenvalue weighted by atomic mass is 32.5. The van der Waals surface area contributed by atoms with Crippen LogP contribution in [0.4, 0.5) is 14.7 Å². The second kappa shape index (κ2) is 11.4. The number of aromatic amines is 1. The number of nitrogens with two attached hydrogens (primary N) is 1. The molecule has 0 radical (unpaired) electrons. The molecule has 2 bridgehead atoms. The summed E-state index contributed by atoms with van der Waals surface area (Å²) in [4.78, 5) is 57.0. The number of imidazole rings is 2. The van der Waals surface area contributed by atoms with Gasteiger partial charge in [-0.1, -0.05) is 0 Å². The lowest BCUT2D eigenvalue weighted by Gasteiger charge is -2.27. The van der Waals surface area contributed by atoms with Gasteiger partial charge in [0.05, 0.1) is 31.6 Å². The number of nitrogens with zero attached hydrogens (tertiary/aromatic N) is 7. The van der Waals surface area contributed by atoms with Crippen LogP contribution in [0.25, 0.3) is 22.3 Å². The minimum atomic E-state index is -4.31. The molecule has 2 unspecified atom stereocenters. The molecule has 0 amide bonds. The van der Waals surface area contributed by atoms with Crippen LogP contribution in [-0.4, -0.2) is 98.8 Å². The van der Waals surface area contributed by atoms with Crippen LogP contribution >= 0.6 is 13.4 Å². The fourth-order valence-electron chi connectivity index (χ4n) is 5.33. The number of hydrogen-bond donors (Lipinski definition) is 4. The number of ether oxygens (including phenoxy) is 2. The van der Waals surface area contributed by atoms with Gasteiger partial charge in [-0.15, -0.1) is 0 Å². The Labute approximate surface area is 260 Å². The zero-order valence-corrected chi connectivity index (χ0v) is 26.1. The summed E-state index contributed by atoms with van der Waals surface area (Å²) in [6.07, 6.45) is -9.22. The number of fused-ring (bicyclic) bond motifs is 5. The van der Waals surface area contributed by atoms with Crippen LogP contribution in [-0.2, 0) is 51.2 Å². The van der Waals surface area contributed by atoms with Crippen molar-refractivity contribution in [3.05, 3.63) is 35.0 Å². The van der Waals surface area contributed by atoms with Gasteiger partial charge in [0.1, 0.15) is 36.3 Å². The van der Waals surface area contributed by atoms with Gasteiger partial charge in [-0.05, 0) is 30.5 Å². The molecule has 3 aliphatic heterocycles. The highest BCUT2D eigenvalue weighted by Crippen LogP contribution is 2.54. The zero-order chi connectivity index (χ0) is 31.8. The fourth-order valence-corrected chi connectivity index (χ4v) is 8.17. The maximum atomic E-state index is 16.0. The number of nitrogens with one attached hydrogen (secondary N) is 1. The summed E-state index contributed by atoms with van der Waals surface area (Å²) in [6, 6.07) is 0. The Balaban J connectivity index is 1.21. The van der Waals surface area contributed by atoms with Crippen molar-refractivity contribution >= 4 is 65.3 Å². The van der Waals surface area contributed by atoms with Crippen LogP contribution in [0, 0.1) is 6.92 Å². The molecule has 3 saturated heterocycles. The number of halogens is 2. The van der Waals surface area contributed by atoms with Crippen molar-refractivity contribution in [2.45, 2.75) is 56.1 Å². The van der Waals surface area contributed by atoms with Gasteiger partial charge in [0, 0.05) is 0 Å². The third kappa shape index (κ3) is 5.62. The standard InChI is InChI=1S/C21H23F2N9O9P2S2/c1-7-12-16(26-4-25-7)31(5-27-12)20-15-10(22)8(38-20)2-36-42(34,44)40-14-9(3-37-43(35,45)41-15)39-19(11(14)23)32-6-28-13-17(32)29-21(24)30-18(13)33/h4-6,8-11,14-15,19-20H,2-3H2,1H3,(H,34,44)(H,35,45)(H3,24,29,30,33)/t8-,9-,10-,11-,14-,15-,19-,20-,42?,43?/m1/s1. The number of aromatic nitrogens is 8. The van der Waals surface area contributed by atoms with Crippen molar-refractivity contribution in [1.82, 2.24) is 39.0 Å². The number of rotatable bonds is 2. The predicted molar refractivity (Wildman–Crippen MR) is 155 cm³/mol. The first-order chi connectivity index (χ1) is 21.3. The van der Waals surface area contributed by atoms with Crippen molar-refractivity contribution in [1.29, 1.82) is 0 Å². The van der Waals surface area contributed by atoms with E-state index >= 15 is 8.78 Å². The van der Waals surface area contributed by atoms with E-state index in [2.05, 4.69) is 29.9 Å². The van der Waals surface area contributed by atoms with E-state index in [0.717, 1.165) is 10.9 Å². The molecule has 0 aromatic carbocycles. The monoisotopic (exact) mass is 709 g/mol. The molecule has 7 heterocycles. The Morgan fingerprint density at radius 3 is 2.27 bits per heavy atom. The molecule has 5 N–H and O–H groups in total. The number of H-pyrrole nitrogens is 1. The molecule has 10 atom stereocenters. The Morgan fingerprint density at radius 1 is 0.911 bits per heavy atom. The molecule has 24 heteroatoms. The molecule has 18 nitrogen and oxygen atoms in total. The molecular weight excluding hydrogens is 686 g/mol. The lowest BCUT2D eigenvalue weighted by Crippen LogP contribution is -2.34. The van der Waals surface area contributed by atoms with Crippen molar-refractivity contribution < 1.29 is 46.1 Å². The van der Waals surface area contributed by atoms with Crippen LogP contribution in [0.5, 0.6) is 0 Å². The number of aryl methyl sites for hydroxylation is 1. The van der Waals surface area contributed by atoms with Crippen LogP contribution < -0.4 is 11.3 Å². The fraction of sp³-hybridized carbons (Fsp3) is 0.524. The molecular formula is C21H23F2N9O9P2S2. The Hall–Kier alpha value is -2.46. The Bertz CT molecular complexity index is 1950. The summed E-state index contributed by atoms with van der Waals surface area (Å²) in [5, 5.41) is 0. The van der Waals surface area contributed by atoms with Gasteiger partial charge >= 0.3 is 13.4 Å². The molecule has 4 aromatic heterocycles. The first kappa shape index (κ1) is 31.2. The molecule has 242 valence electrons. The minimum Gasteiger partial charge on any atom is -0.369 e. The lowest BCUT2D eigenvalue weighted by atomic mass is 10.1. The normalized spacial score (nSPS) is 37.7.